The summed E-state index contributed by atoms with van der Waals surface area (Å²) in [7, 11) is 0. The molecule has 0 unspecified atom stereocenters. The fourth-order valence-electron chi connectivity index (χ4n) is 1.43. The van der Waals surface area contributed by atoms with Crippen molar-refractivity contribution in [3.63, 3.8) is 0 Å². The quantitative estimate of drug-likeness (QED) is 0.779. The zero-order chi connectivity index (χ0) is 13.1. The first-order valence-corrected chi connectivity index (χ1v) is 6.02. The molecule has 1 aromatic heterocycles. The maximum absolute atomic E-state index is 13.4. The molecule has 2 aromatic rings. The molecule has 0 spiro atoms. The lowest BCUT2D eigenvalue weighted by Crippen LogP contribution is -1.99. The molecule has 0 bridgehead atoms. The second-order valence-corrected chi connectivity index (χ2v) is 4.55. The van der Waals surface area contributed by atoms with Gasteiger partial charge in [-0.3, -0.25) is 0 Å². The van der Waals surface area contributed by atoms with E-state index >= 15 is 0 Å². The molecular weight excluding hydrogens is 276 g/mol. The lowest BCUT2D eigenvalue weighted by molar-refractivity contribution is 0.290. The Kier molecular flexibility index (Phi) is 4.04. The predicted octanol–water partition coefficient (Wildman–Crippen LogP) is 4.41. The van der Waals surface area contributed by atoms with Gasteiger partial charge in [0.05, 0.1) is 0 Å². The first kappa shape index (κ1) is 13.1. The molecule has 5 heteroatoms. The third-order valence-electron chi connectivity index (χ3n) is 2.36. The molecule has 18 heavy (non-hydrogen) atoms. The zero-order valence-electron chi connectivity index (χ0n) is 9.58. The van der Waals surface area contributed by atoms with Crippen LogP contribution in [0.4, 0.5) is 4.39 Å². The van der Waals surface area contributed by atoms with Gasteiger partial charge in [-0.15, -0.1) is 0 Å². The number of pyridine rings is 1. The lowest BCUT2D eigenvalue weighted by atomic mass is 10.2. The average molecular weight is 286 g/mol. The summed E-state index contributed by atoms with van der Waals surface area (Å²) in [6.45, 7) is 2.01. The van der Waals surface area contributed by atoms with Crippen molar-refractivity contribution in [2.24, 2.45) is 0 Å². The van der Waals surface area contributed by atoms with Gasteiger partial charge in [0.15, 0.2) is 11.6 Å². The van der Waals surface area contributed by atoms with Gasteiger partial charge in [-0.05, 0) is 36.8 Å². The lowest BCUT2D eigenvalue weighted by Gasteiger charge is -2.09. The Balaban J connectivity index is 2.13. The van der Waals surface area contributed by atoms with E-state index in [1.807, 2.05) is 6.92 Å². The molecule has 2 rings (SSSR count). The minimum absolute atomic E-state index is 0.142. The number of aryl methyl sites for hydroxylation is 1. The number of ether oxygens (including phenoxy) is 1. The molecule has 0 N–H and O–H groups in total. The number of nitrogens with zero attached hydrogens (tertiary/aromatic N) is 1. The molecule has 1 aromatic carbocycles. The van der Waals surface area contributed by atoms with E-state index < -0.39 is 5.82 Å². The highest BCUT2D eigenvalue weighted by atomic mass is 35.5. The normalized spacial score (nSPS) is 10.4. The van der Waals surface area contributed by atoms with E-state index in [0.29, 0.717) is 10.7 Å². The molecule has 0 fully saturated rings. The van der Waals surface area contributed by atoms with Crippen LogP contribution < -0.4 is 4.74 Å². The molecular formula is C13H10Cl2FNO. The van der Waals surface area contributed by atoms with E-state index in [9.17, 15) is 4.39 Å². The molecule has 2 nitrogen and oxygen atoms in total. The molecule has 94 valence electrons. The third kappa shape index (κ3) is 3.12. The van der Waals surface area contributed by atoms with Crippen LogP contribution in [-0.4, -0.2) is 4.98 Å². The topological polar surface area (TPSA) is 22.1 Å². The number of rotatable bonds is 3. The van der Waals surface area contributed by atoms with E-state index in [-0.39, 0.29) is 17.5 Å². The summed E-state index contributed by atoms with van der Waals surface area (Å²) in [6, 6.07) is 7.99. The Morgan fingerprint density at radius 2 is 2.00 bits per heavy atom. The van der Waals surface area contributed by atoms with Gasteiger partial charge in [0.25, 0.3) is 0 Å². The maximum atomic E-state index is 13.4. The van der Waals surface area contributed by atoms with Gasteiger partial charge in [0.2, 0.25) is 0 Å². The molecule has 0 saturated carbocycles. The first-order valence-electron chi connectivity index (χ1n) is 5.26. The largest absolute Gasteiger partial charge is 0.486 e. The highest BCUT2D eigenvalue weighted by Crippen LogP contribution is 2.22. The third-order valence-corrected chi connectivity index (χ3v) is 2.90. The second kappa shape index (κ2) is 5.55. The number of hydrogen-bond donors (Lipinski definition) is 0. The SMILES string of the molecule is Cc1ccc(F)c(OCc2ccc(Cl)nc2Cl)c1. The smallest absolute Gasteiger partial charge is 0.165 e. The van der Waals surface area contributed by atoms with Crippen LogP contribution in [0.5, 0.6) is 5.75 Å². The Morgan fingerprint density at radius 3 is 2.72 bits per heavy atom. The van der Waals surface area contributed by atoms with Crippen LogP contribution in [-0.2, 0) is 6.61 Å². The molecule has 0 amide bonds. The van der Waals surface area contributed by atoms with E-state index in [0.717, 1.165) is 5.56 Å². The van der Waals surface area contributed by atoms with Gasteiger partial charge < -0.3 is 4.74 Å². The monoisotopic (exact) mass is 285 g/mol. The van der Waals surface area contributed by atoms with Crippen LogP contribution in [0.15, 0.2) is 30.3 Å². The number of aromatic nitrogens is 1. The van der Waals surface area contributed by atoms with Crippen molar-refractivity contribution in [3.05, 3.63) is 57.6 Å². The summed E-state index contributed by atoms with van der Waals surface area (Å²) < 4.78 is 18.8. The number of benzene rings is 1. The summed E-state index contributed by atoms with van der Waals surface area (Å²) in [4.78, 5) is 3.88. The average Bonchev–Trinajstić information content (AvgIpc) is 2.32. The van der Waals surface area contributed by atoms with Crippen molar-refractivity contribution < 1.29 is 9.13 Å². The summed E-state index contributed by atoms with van der Waals surface area (Å²) >= 11 is 11.6. The van der Waals surface area contributed by atoms with Crippen LogP contribution >= 0.6 is 23.2 Å². The van der Waals surface area contributed by atoms with E-state index in [1.54, 1.807) is 24.3 Å². The molecule has 0 aliphatic rings. The van der Waals surface area contributed by atoms with Gasteiger partial charge in [0.1, 0.15) is 16.9 Å². The Morgan fingerprint density at radius 1 is 1.22 bits per heavy atom. The van der Waals surface area contributed by atoms with Crippen LogP contribution in [0.1, 0.15) is 11.1 Å². The van der Waals surface area contributed by atoms with Crippen molar-refractivity contribution in [1.82, 2.24) is 4.98 Å². The highest BCUT2D eigenvalue weighted by Gasteiger charge is 2.07. The van der Waals surface area contributed by atoms with Crippen LogP contribution in [0.3, 0.4) is 0 Å². The summed E-state index contributed by atoms with van der Waals surface area (Å²) in [5.41, 5.74) is 1.58. The first-order chi connectivity index (χ1) is 8.56. The van der Waals surface area contributed by atoms with Crippen LogP contribution in [0.25, 0.3) is 0 Å². The minimum Gasteiger partial charge on any atom is -0.486 e. The molecule has 0 saturated heterocycles. The molecule has 1 heterocycles. The second-order valence-electron chi connectivity index (χ2n) is 3.81. The summed E-state index contributed by atoms with van der Waals surface area (Å²) in [5.74, 6) is -0.209. The standard InChI is InChI=1S/C13H10Cl2FNO/c1-8-2-4-10(16)11(6-8)18-7-9-3-5-12(14)17-13(9)15/h2-6H,7H2,1H3. The Labute approximate surface area is 114 Å². The van der Waals surface area contributed by atoms with Gasteiger partial charge >= 0.3 is 0 Å². The van der Waals surface area contributed by atoms with Crippen molar-refractivity contribution in [2.75, 3.05) is 0 Å². The van der Waals surface area contributed by atoms with Crippen LogP contribution in [0, 0.1) is 12.7 Å². The van der Waals surface area contributed by atoms with E-state index in [2.05, 4.69) is 4.98 Å². The zero-order valence-corrected chi connectivity index (χ0v) is 11.1. The fourth-order valence-corrected chi connectivity index (χ4v) is 1.82. The van der Waals surface area contributed by atoms with E-state index in [4.69, 9.17) is 27.9 Å². The molecule has 0 atom stereocenters. The van der Waals surface area contributed by atoms with Gasteiger partial charge in [-0.1, -0.05) is 29.3 Å². The minimum atomic E-state index is -0.404. The summed E-state index contributed by atoms with van der Waals surface area (Å²) in [6.07, 6.45) is 0. The van der Waals surface area contributed by atoms with E-state index in [1.165, 1.54) is 6.07 Å². The predicted molar refractivity (Wildman–Crippen MR) is 69.7 cm³/mol. The number of halogens is 3. The molecule has 0 aliphatic carbocycles. The number of hydrogen-bond acceptors (Lipinski definition) is 2. The fraction of sp³-hybridized carbons (Fsp3) is 0.154. The van der Waals surface area contributed by atoms with Crippen molar-refractivity contribution in [3.8, 4) is 5.75 Å². The Bertz CT molecular complexity index is 575. The maximum Gasteiger partial charge on any atom is 0.165 e. The van der Waals surface area contributed by atoms with Crippen molar-refractivity contribution in [1.29, 1.82) is 0 Å². The van der Waals surface area contributed by atoms with Crippen molar-refractivity contribution >= 4 is 23.2 Å². The summed E-state index contributed by atoms with van der Waals surface area (Å²) in [5, 5.41) is 0.570. The Hall–Kier alpha value is -1.32. The van der Waals surface area contributed by atoms with Gasteiger partial charge in [-0.25, -0.2) is 9.37 Å². The van der Waals surface area contributed by atoms with Gasteiger partial charge in [-0.2, -0.15) is 0 Å². The highest BCUT2D eigenvalue weighted by molar-refractivity contribution is 6.32. The van der Waals surface area contributed by atoms with Gasteiger partial charge in [0, 0.05) is 5.56 Å². The van der Waals surface area contributed by atoms with Crippen molar-refractivity contribution in [2.45, 2.75) is 13.5 Å². The van der Waals surface area contributed by atoms with Crippen LogP contribution in [0.2, 0.25) is 10.3 Å². The molecule has 0 aliphatic heterocycles. The molecule has 0 radical (unpaired) electrons.